The van der Waals surface area contributed by atoms with E-state index in [4.69, 9.17) is 4.74 Å². The lowest BCUT2D eigenvalue weighted by molar-refractivity contribution is -0.0759. The van der Waals surface area contributed by atoms with Crippen LogP contribution in [0, 0.1) is 0 Å². The lowest BCUT2D eigenvalue weighted by Gasteiger charge is -2.40. The largest absolute Gasteiger partial charge is 0.374 e. The first-order valence-corrected chi connectivity index (χ1v) is 9.48. The number of hydrogen-bond acceptors (Lipinski definition) is 4. The fraction of sp³-hybridized carbons (Fsp3) is 1.00. The number of likely N-dealkylation sites (N-methyl/N-ethyl adjacent to an activating group) is 1. The molecule has 1 aliphatic rings. The molecule has 0 bridgehead atoms. The molecule has 0 aromatic carbocycles. The van der Waals surface area contributed by atoms with Crippen molar-refractivity contribution in [3.63, 3.8) is 0 Å². The minimum atomic E-state index is -2.91. The molecule has 1 aliphatic carbocycles. The minimum absolute atomic E-state index is 0.125. The zero-order chi connectivity index (χ0) is 14.4. The number of ether oxygens (including phenoxy) is 1. The Bertz CT molecular complexity index is 346. The number of hydrogen-bond donors (Lipinski definition) is 1. The second-order valence-corrected chi connectivity index (χ2v) is 7.93. The minimum Gasteiger partial charge on any atom is -0.374 e. The molecule has 1 atom stereocenters. The van der Waals surface area contributed by atoms with Crippen molar-refractivity contribution < 1.29 is 13.2 Å². The van der Waals surface area contributed by atoms with Gasteiger partial charge < -0.3 is 10.1 Å². The number of rotatable bonds is 7. The van der Waals surface area contributed by atoms with Gasteiger partial charge in [-0.15, -0.1) is 0 Å². The standard InChI is InChI=1S/C14H29NO3S/c1-4-18-14(10-7-5-6-8-11-14)13(15-2)9-12-19(3,16)17/h13,15H,4-12H2,1-3H3. The van der Waals surface area contributed by atoms with Crippen molar-refractivity contribution in [3.8, 4) is 0 Å². The maximum absolute atomic E-state index is 11.4. The average Bonchev–Trinajstić information content (AvgIpc) is 2.55. The molecule has 0 radical (unpaired) electrons. The van der Waals surface area contributed by atoms with Crippen LogP contribution in [0.5, 0.6) is 0 Å². The van der Waals surface area contributed by atoms with Crippen LogP contribution in [0.25, 0.3) is 0 Å². The number of nitrogens with one attached hydrogen (secondary N) is 1. The third kappa shape index (κ3) is 5.40. The Morgan fingerprint density at radius 2 is 1.79 bits per heavy atom. The van der Waals surface area contributed by atoms with Gasteiger partial charge in [0.25, 0.3) is 0 Å². The van der Waals surface area contributed by atoms with Gasteiger partial charge in [0.1, 0.15) is 9.84 Å². The molecule has 1 N–H and O–H groups in total. The van der Waals surface area contributed by atoms with Gasteiger partial charge in [0.05, 0.1) is 11.4 Å². The van der Waals surface area contributed by atoms with Crippen LogP contribution in [0.4, 0.5) is 0 Å². The third-order valence-electron chi connectivity index (χ3n) is 4.14. The Balaban J connectivity index is 2.79. The van der Waals surface area contributed by atoms with Gasteiger partial charge in [0.15, 0.2) is 0 Å². The summed E-state index contributed by atoms with van der Waals surface area (Å²) in [6.45, 7) is 2.72. The molecule has 0 aromatic rings. The lowest BCUT2D eigenvalue weighted by atomic mass is 9.84. The van der Waals surface area contributed by atoms with Crippen molar-refractivity contribution in [3.05, 3.63) is 0 Å². The summed E-state index contributed by atoms with van der Waals surface area (Å²) < 4.78 is 28.9. The van der Waals surface area contributed by atoms with E-state index in [2.05, 4.69) is 5.32 Å². The molecule has 5 heteroatoms. The van der Waals surface area contributed by atoms with Crippen molar-refractivity contribution in [2.24, 2.45) is 0 Å². The Kier molecular flexibility index (Phi) is 6.77. The summed E-state index contributed by atoms with van der Waals surface area (Å²) >= 11 is 0. The summed E-state index contributed by atoms with van der Waals surface area (Å²) in [7, 11) is -0.999. The van der Waals surface area contributed by atoms with Crippen LogP contribution < -0.4 is 5.32 Å². The van der Waals surface area contributed by atoms with Crippen LogP contribution in [0.1, 0.15) is 51.9 Å². The van der Waals surface area contributed by atoms with E-state index < -0.39 is 9.84 Å². The summed E-state index contributed by atoms with van der Waals surface area (Å²) in [4.78, 5) is 0. The first-order valence-electron chi connectivity index (χ1n) is 7.42. The fourth-order valence-electron chi connectivity index (χ4n) is 3.21. The van der Waals surface area contributed by atoms with Gasteiger partial charge in [-0.05, 0) is 33.2 Å². The third-order valence-corrected chi connectivity index (χ3v) is 5.12. The molecule has 4 nitrogen and oxygen atoms in total. The normalized spacial score (nSPS) is 21.8. The van der Waals surface area contributed by atoms with Crippen LogP contribution in [0.15, 0.2) is 0 Å². The van der Waals surface area contributed by atoms with Crippen LogP contribution >= 0.6 is 0 Å². The van der Waals surface area contributed by atoms with Gasteiger partial charge in [-0.2, -0.15) is 0 Å². The monoisotopic (exact) mass is 291 g/mol. The summed E-state index contributed by atoms with van der Waals surface area (Å²) in [5.41, 5.74) is -0.176. The summed E-state index contributed by atoms with van der Waals surface area (Å²) in [5.74, 6) is 0.229. The first kappa shape index (κ1) is 16.9. The van der Waals surface area contributed by atoms with Gasteiger partial charge in [-0.25, -0.2) is 8.42 Å². The maximum atomic E-state index is 11.4. The highest BCUT2D eigenvalue weighted by Crippen LogP contribution is 2.34. The Labute approximate surface area is 118 Å². The molecular weight excluding hydrogens is 262 g/mol. The van der Waals surface area contributed by atoms with Gasteiger partial charge in [-0.1, -0.05) is 25.7 Å². The predicted molar refractivity (Wildman–Crippen MR) is 79.2 cm³/mol. The number of sulfone groups is 1. The van der Waals surface area contributed by atoms with E-state index in [-0.39, 0.29) is 17.4 Å². The SMILES string of the molecule is CCOC1(C(CCS(C)(=O)=O)NC)CCCCCC1. The second kappa shape index (κ2) is 7.60. The molecule has 114 valence electrons. The Hall–Kier alpha value is -0.130. The molecule has 0 aromatic heterocycles. The highest BCUT2D eigenvalue weighted by molar-refractivity contribution is 7.90. The van der Waals surface area contributed by atoms with Gasteiger partial charge >= 0.3 is 0 Å². The summed E-state index contributed by atoms with van der Waals surface area (Å²) in [5, 5.41) is 3.31. The van der Waals surface area contributed by atoms with Crippen molar-refractivity contribution >= 4 is 9.84 Å². The highest BCUT2D eigenvalue weighted by Gasteiger charge is 2.39. The van der Waals surface area contributed by atoms with Crippen LogP contribution in [0.2, 0.25) is 0 Å². The fourth-order valence-corrected chi connectivity index (χ4v) is 3.87. The van der Waals surface area contributed by atoms with Crippen molar-refractivity contribution in [2.45, 2.75) is 63.5 Å². The van der Waals surface area contributed by atoms with Crippen LogP contribution in [-0.2, 0) is 14.6 Å². The smallest absolute Gasteiger partial charge is 0.147 e. The Morgan fingerprint density at radius 3 is 2.21 bits per heavy atom. The summed E-state index contributed by atoms with van der Waals surface area (Å²) in [6.07, 6.45) is 8.89. The van der Waals surface area contributed by atoms with E-state index in [1.54, 1.807) is 0 Å². The van der Waals surface area contributed by atoms with Gasteiger partial charge in [-0.3, -0.25) is 0 Å². The Morgan fingerprint density at radius 1 is 1.21 bits per heavy atom. The quantitative estimate of drug-likeness (QED) is 0.730. The lowest BCUT2D eigenvalue weighted by Crippen LogP contribution is -2.52. The van der Waals surface area contributed by atoms with Gasteiger partial charge in [0.2, 0.25) is 0 Å². The van der Waals surface area contributed by atoms with E-state index in [0.29, 0.717) is 13.0 Å². The molecule has 0 heterocycles. The average molecular weight is 291 g/mol. The molecule has 0 spiro atoms. The van der Waals surface area contributed by atoms with Crippen molar-refractivity contribution in [2.75, 3.05) is 25.7 Å². The molecule has 1 saturated carbocycles. The van der Waals surface area contributed by atoms with Crippen molar-refractivity contribution in [1.29, 1.82) is 0 Å². The molecule has 19 heavy (non-hydrogen) atoms. The molecular formula is C14H29NO3S. The van der Waals surface area contributed by atoms with E-state index in [0.717, 1.165) is 12.8 Å². The topological polar surface area (TPSA) is 55.4 Å². The molecule has 1 rings (SSSR count). The molecule has 1 unspecified atom stereocenters. The predicted octanol–water partition coefficient (Wildman–Crippen LogP) is 2.14. The molecule has 0 amide bonds. The van der Waals surface area contributed by atoms with Crippen LogP contribution in [-0.4, -0.2) is 45.7 Å². The highest BCUT2D eigenvalue weighted by atomic mass is 32.2. The van der Waals surface area contributed by atoms with E-state index in [1.807, 2.05) is 14.0 Å². The molecule has 0 saturated heterocycles. The first-order chi connectivity index (χ1) is 8.93. The summed E-state index contributed by atoms with van der Waals surface area (Å²) in [6, 6.07) is 0.125. The van der Waals surface area contributed by atoms with E-state index in [9.17, 15) is 8.42 Å². The van der Waals surface area contributed by atoms with Gasteiger partial charge in [0, 0.05) is 18.9 Å². The zero-order valence-corrected chi connectivity index (χ0v) is 13.4. The maximum Gasteiger partial charge on any atom is 0.147 e. The zero-order valence-electron chi connectivity index (χ0n) is 12.6. The molecule has 1 fully saturated rings. The van der Waals surface area contributed by atoms with Crippen molar-refractivity contribution in [1.82, 2.24) is 5.32 Å². The van der Waals surface area contributed by atoms with E-state index in [1.165, 1.54) is 31.9 Å². The van der Waals surface area contributed by atoms with E-state index >= 15 is 0 Å². The second-order valence-electron chi connectivity index (χ2n) is 5.67. The van der Waals surface area contributed by atoms with Crippen LogP contribution in [0.3, 0.4) is 0 Å². The molecule has 0 aliphatic heterocycles.